The monoisotopic (exact) mass is 698 g/mol. The minimum absolute atomic E-state index is 0. The molecule has 13 nitrogen and oxygen atoms in total. The highest BCUT2D eigenvalue weighted by Crippen LogP contribution is 2.64. The lowest BCUT2D eigenvalue weighted by atomic mass is 9.51. The summed E-state index contributed by atoms with van der Waals surface area (Å²) >= 11 is 0. The van der Waals surface area contributed by atoms with Crippen molar-refractivity contribution in [2.24, 2.45) is 5.92 Å². The zero-order valence-corrected chi connectivity index (χ0v) is 28.9. The molecule has 6 rings (SSSR count). The Bertz CT molecular complexity index is 1640. The quantitative estimate of drug-likeness (QED) is 0.255. The summed E-state index contributed by atoms with van der Waals surface area (Å²) in [6, 6.07) is 10.7. The van der Waals surface area contributed by atoms with E-state index in [1.165, 1.54) is 30.0 Å². The predicted molar refractivity (Wildman–Crippen MR) is 172 cm³/mol. The molecule has 2 fully saturated rings. The summed E-state index contributed by atoms with van der Waals surface area (Å²) in [6.07, 6.45) is 1.55. The SMILES string of the molecule is COc1ccc2c3c1O[C@H]1C(=O)CC[C@H]4C(C2)[N@@+](C)(Cc2ccc(OC(=O)N(C)CCNC(=O)[C@H](CC(=O)O)NC(C)=O)cc2)CC[C@]314.[Cl-]. The van der Waals surface area contributed by atoms with Crippen LogP contribution in [0.15, 0.2) is 36.4 Å². The number of likely N-dealkylation sites (tertiary alicyclic amines) is 1. The first kappa shape index (κ1) is 35.9. The van der Waals surface area contributed by atoms with Crippen LogP contribution in [-0.2, 0) is 37.6 Å². The molecule has 49 heavy (non-hydrogen) atoms. The number of ketones is 1. The smallest absolute Gasteiger partial charge is 0.415 e. The molecule has 2 aliphatic heterocycles. The van der Waals surface area contributed by atoms with Gasteiger partial charge in [0.05, 0.1) is 38.6 Å². The van der Waals surface area contributed by atoms with Crippen LogP contribution in [0.2, 0.25) is 0 Å². The number of carbonyl (C=O) groups excluding carboxylic acids is 4. The Morgan fingerprint density at radius 2 is 1.90 bits per heavy atom. The van der Waals surface area contributed by atoms with Crippen LogP contribution in [0, 0.1) is 5.92 Å². The highest BCUT2D eigenvalue weighted by Gasteiger charge is 2.69. The number of carbonyl (C=O) groups is 5. The van der Waals surface area contributed by atoms with Gasteiger partial charge in [-0.2, -0.15) is 0 Å². The van der Waals surface area contributed by atoms with E-state index in [2.05, 4.69) is 23.7 Å². The number of benzene rings is 2. The Hall–Kier alpha value is -4.36. The highest BCUT2D eigenvalue weighted by molar-refractivity contribution is 5.90. The number of ether oxygens (including phenoxy) is 3. The molecule has 14 heteroatoms. The number of piperidine rings is 1. The highest BCUT2D eigenvalue weighted by atomic mass is 35.5. The molecule has 0 radical (unpaired) electrons. The Balaban J connectivity index is 0.00000468. The Labute approximate surface area is 291 Å². The number of hydrogen-bond donors (Lipinski definition) is 3. The second kappa shape index (κ2) is 13.9. The number of amides is 3. The van der Waals surface area contributed by atoms with Crippen molar-refractivity contribution in [3.63, 3.8) is 0 Å². The molecule has 1 saturated carbocycles. The molecule has 4 aliphatic rings. The van der Waals surface area contributed by atoms with Gasteiger partial charge in [0.25, 0.3) is 0 Å². The number of quaternary nitrogens is 1. The molecule has 2 aromatic rings. The van der Waals surface area contributed by atoms with Gasteiger partial charge >= 0.3 is 12.1 Å². The van der Waals surface area contributed by atoms with E-state index >= 15 is 0 Å². The van der Waals surface area contributed by atoms with Gasteiger partial charge in [0.15, 0.2) is 23.4 Å². The van der Waals surface area contributed by atoms with Crippen LogP contribution in [-0.4, -0.2) is 103 Å². The van der Waals surface area contributed by atoms with Crippen molar-refractivity contribution in [3.8, 4) is 17.2 Å². The Morgan fingerprint density at radius 1 is 1.16 bits per heavy atom. The molecule has 0 aromatic heterocycles. The number of aliphatic carboxylic acids is 1. The second-order valence-electron chi connectivity index (χ2n) is 13.7. The maximum atomic E-state index is 13.2. The van der Waals surface area contributed by atoms with Crippen molar-refractivity contribution in [2.45, 2.75) is 69.2 Å². The number of nitrogens with zero attached hydrogens (tertiary/aromatic N) is 2. The van der Waals surface area contributed by atoms with Gasteiger partial charge in [-0.05, 0) is 42.3 Å². The molecular formula is C35H43ClN4O9. The van der Waals surface area contributed by atoms with Crippen molar-refractivity contribution in [2.75, 3.05) is 40.8 Å². The molecule has 2 aliphatic carbocycles. The lowest BCUT2D eigenvalue weighted by Crippen LogP contribution is -3.00. The summed E-state index contributed by atoms with van der Waals surface area (Å²) in [5, 5.41) is 13.9. The second-order valence-corrected chi connectivity index (χ2v) is 13.7. The molecule has 6 atom stereocenters. The average molecular weight is 699 g/mol. The van der Waals surface area contributed by atoms with Gasteiger partial charge in [-0.25, -0.2) is 4.79 Å². The molecule has 2 bridgehead atoms. The van der Waals surface area contributed by atoms with Crippen molar-refractivity contribution in [1.82, 2.24) is 15.5 Å². The maximum absolute atomic E-state index is 13.2. The van der Waals surface area contributed by atoms with Gasteiger partial charge in [-0.3, -0.25) is 19.2 Å². The van der Waals surface area contributed by atoms with E-state index in [-0.39, 0.29) is 36.7 Å². The van der Waals surface area contributed by atoms with Gasteiger partial charge in [-0.1, -0.05) is 6.07 Å². The number of rotatable bonds is 11. The predicted octanol–water partition coefficient (Wildman–Crippen LogP) is -0.821. The van der Waals surface area contributed by atoms with Gasteiger partial charge in [0.2, 0.25) is 11.8 Å². The normalized spacial score (nSPS) is 26.2. The summed E-state index contributed by atoms with van der Waals surface area (Å²) in [5.74, 6) is -0.0210. The van der Waals surface area contributed by atoms with E-state index in [9.17, 15) is 24.0 Å². The summed E-state index contributed by atoms with van der Waals surface area (Å²) in [4.78, 5) is 62.0. The molecule has 3 amide bonds. The molecule has 1 spiro atoms. The van der Waals surface area contributed by atoms with Crippen LogP contribution < -0.4 is 37.3 Å². The molecule has 3 N–H and O–H groups in total. The summed E-state index contributed by atoms with van der Waals surface area (Å²) < 4.78 is 18.5. The third-order valence-electron chi connectivity index (χ3n) is 10.8. The zero-order chi connectivity index (χ0) is 34.4. The topological polar surface area (TPSA) is 161 Å². The fraction of sp³-hybridized carbons (Fsp3) is 0.514. The number of methoxy groups -OCH3 is 1. The molecule has 1 saturated heterocycles. The lowest BCUT2D eigenvalue weighted by molar-refractivity contribution is -0.957. The number of nitrogens with one attached hydrogen (secondary N) is 2. The number of carboxylic acid groups (broad SMARTS) is 1. The number of halogens is 1. The van der Waals surface area contributed by atoms with Gasteiger partial charge in [0, 0.05) is 63.4 Å². The molecule has 264 valence electrons. The fourth-order valence-electron chi connectivity index (χ4n) is 8.59. The third-order valence-corrected chi connectivity index (χ3v) is 10.8. The van der Waals surface area contributed by atoms with Crippen LogP contribution in [0.1, 0.15) is 49.3 Å². The average Bonchev–Trinajstić information content (AvgIpc) is 3.40. The van der Waals surface area contributed by atoms with Crippen LogP contribution in [0.5, 0.6) is 17.2 Å². The van der Waals surface area contributed by atoms with E-state index < -0.39 is 42.4 Å². The number of Topliss-reactive ketones (excluding diaryl/α,β-unsaturated/α-hetero) is 1. The van der Waals surface area contributed by atoms with Crippen molar-refractivity contribution < 1.29 is 60.2 Å². The van der Waals surface area contributed by atoms with E-state index in [0.717, 1.165) is 48.1 Å². The summed E-state index contributed by atoms with van der Waals surface area (Å²) in [6.45, 7) is 3.05. The van der Waals surface area contributed by atoms with Crippen molar-refractivity contribution >= 4 is 29.7 Å². The first-order chi connectivity index (χ1) is 22.9. The minimum atomic E-state index is -1.22. The summed E-state index contributed by atoms with van der Waals surface area (Å²) in [7, 11) is 5.49. The standard InChI is InChI=1S/C35H42N4O9.ClH/c1-20(40)37-25(18-29(42)43)33(44)36-14-15-38(2)34(45)47-23-8-5-21(6-9-23)19-39(3)16-13-35-24-10-11-27(41)32(35)48-31-28(46-4)12-7-22(30(31)35)17-26(24)39;/h5-9,12,24-26,32H,10-11,13-19H2,1-4H3,(H2-,36,37,40,42,43,44);1H/t24-,25-,26?,32-,35-,39+;/m0./s1. The van der Waals surface area contributed by atoms with Crippen LogP contribution in [0.3, 0.4) is 0 Å². The molecule has 2 heterocycles. The Kier molecular flexibility index (Phi) is 10.2. The molecule has 1 unspecified atom stereocenters. The third kappa shape index (κ3) is 6.53. The van der Waals surface area contributed by atoms with Crippen LogP contribution in [0.25, 0.3) is 0 Å². The Morgan fingerprint density at radius 3 is 2.57 bits per heavy atom. The van der Waals surface area contributed by atoms with Gasteiger partial charge < -0.3 is 51.7 Å². The fourth-order valence-corrected chi connectivity index (χ4v) is 8.59. The van der Waals surface area contributed by atoms with Crippen molar-refractivity contribution in [3.05, 3.63) is 53.1 Å². The summed E-state index contributed by atoms with van der Waals surface area (Å²) in [5.41, 5.74) is 3.28. The van der Waals surface area contributed by atoms with E-state index in [1.807, 2.05) is 18.2 Å². The van der Waals surface area contributed by atoms with Crippen LogP contribution in [0.4, 0.5) is 4.79 Å². The molecular weight excluding hydrogens is 656 g/mol. The number of carboxylic acids is 1. The number of likely N-dealkylation sites (N-methyl/N-ethyl adjacent to an activating group) is 2. The largest absolute Gasteiger partial charge is 1.00 e. The van der Waals surface area contributed by atoms with E-state index in [0.29, 0.717) is 29.9 Å². The van der Waals surface area contributed by atoms with Gasteiger partial charge in [0.1, 0.15) is 18.3 Å². The minimum Gasteiger partial charge on any atom is -1.00 e. The van der Waals surface area contributed by atoms with Crippen molar-refractivity contribution in [1.29, 1.82) is 0 Å². The van der Waals surface area contributed by atoms with Crippen LogP contribution >= 0.6 is 0 Å². The first-order valence-electron chi connectivity index (χ1n) is 16.4. The zero-order valence-electron chi connectivity index (χ0n) is 28.1. The van der Waals surface area contributed by atoms with Gasteiger partial charge in [-0.15, -0.1) is 0 Å². The lowest BCUT2D eigenvalue weighted by Gasteiger charge is -2.60. The first-order valence-corrected chi connectivity index (χ1v) is 16.4. The maximum Gasteiger partial charge on any atom is 0.415 e. The van der Waals surface area contributed by atoms with E-state index in [1.54, 1.807) is 19.2 Å². The molecule has 2 aromatic carbocycles. The van der Waals surface area contributed by atoms with E-state index in [4.69, 9.17) is 19.3 Å². The number of hydrogen-bond acceptors (Lipinski definition) is 8.